The van der Waals surface area contributed by atoms with Gasteiger partial charge in [-0.15, -0.1) is 0 Å². The van der Waals surface area contributed by atoms with E-state index >= 15 is 0 Å². The van der Waals surface area contributed by atoms with Crippen molar-refractivity contribution in [2.45, 2.75) is 18.2 Å². The van der Waals surface area contributed by atoms with Crippen LogP contribution in [0.1, 0.15) is 23.5 Å². The van der Waals surface area contributed by atoms with Crippen LogP contribution in [0.3, 0.4) is 0 Å². The number of aliphatic hydroxyl groups excluding tert-OH is 1. The third-order valence-corrected chi connectivity index (χ3v) is 6.27. The molecular formula is C21H24N4O5. The fraction of sp³-hybridized carbons (Fsp3) is 0.429. The highest BCUT2D eigenvalue weighted by Crippen LogP contribution is 2.56. The van der Waals surface area contributed by atoms with Gasteiger partial charge < -0.3 is 19.9 Å². The summed E-state index contributed by atoms with van der Waals surface area (Å²) in [4.78, 5) is 35.1. The van der Waals surface area contributed by atoms with Gasteiger partial charge in [0.05, 0.1) is 43.8 Å². The number of hydrogen-bond acceptors (Lipinski definition) is 9. The maximum absolute atomic E-state index is 13.1. The van der Waals surface area contributed by atoms with Crippen molar-refractivity contribution >= 4 is 11.9 Å². The smallest absolute Gasteiger partial charge is 0.317 e. The van der Waals surface area contributed by atoms with Gasteiger partial charge in [0.25, 0.3) is 0 Å². The van der Waals surface area contributed by atoms with E-state index in [9.17, 15) is 14.7 Å². The Labute approximate surface area is 173 Å². The molecular weight excluding hydrogens is 388 g/mol. The molecule has 9 heteroatoms. The number of aromatic nitrogens is 2. The van der Waals surface area contributed by atoms with Crippen molar-refractivity contribution in [2.75, 3.05) is 27.3 Å². The molecule has 2 aliphatic rings. The molecule has 3 N–H and O–H groups in total. The summed E-state index contributed by atoms with van der Waals surface area (Å²) >= 11 is 0. The first-order chi connectivity index (χ1) is 14.5. The Hall–Kier alpha value is -2.88. The molecule has 0 spiro atoms. The normalized spacial score (nSPS) is 32.8. The van der Waals surface area contributed by atoms with E-state index in [1.54, 1.807) is 48.8 Å². The van der Waals surface area contributed by atoms with E-state index < -0.39 is 41.0 Å². The zero-order valence-electron chi connectivity index (χ0n) is 16.7. The molecule has 2 saturated heterocycles. The summed E-state index contributed by atoms with van der Waals surface area (Å²) in [5.41, 5.74) is -1.91. The van der Waals surface area contributed by atoms with E-state index in [-0.39, 0.29) is 13.1 Å². The first kappa shape index (κ1) is 20.4. The van der Waals surface area contributed by atoms with Gasteiger partial charge in [-0.05, 0) is 24.3 Å². The topological polar surface area (TPSA) is 123 Å². The van der Waals surface area contributed by atoms with Crippen LogP contribution in [-0.2, 0) is 19.1 Å². The van der Waals surface area contributed by atoms with Crippen LogP contribution < -0.4 is 10.6 Å². The van der Waals surface area contributed by atoms with E-state index in [1.807, 2.05) is 0 Å². The lowest BCUT2D eigenvalue weighted by Gasteiger charge is -2.59. The van der Waals surface area contributed by atoms with E-state index in [1.165, 1.54) is 14.2 Å². The second kappa shape index (κ2) is 7.75. The minimum absolute atomic E-state index is 0.1000. The molecule has 9 nitrogen and oxygen atoms in total. The monoisotopic (exact) mass is 412 g/mol. The quantitative estimate of drug-likeness (QED) is 0.602. The Balaban J connectivity index is 1.96. The Morgan fingerprint density at radius 2 is 1.40 bits per heavy atom. The SMILES string of the molecule is COC(=O)C12CNCC(C(=O)OC)(C(c3ccccn3)NC1c1ccccn1)C2O. The lowest BCUT2D eigenvalue weighted by atomic mass is 9.54. The molecule has 0 aromatic carbocycles. The van der Waals surface area contributed by atoms with Crippen LogP contribution >= 0.6 is 0 Å². The van der Waals surface area contributed by atoms with Gasteiger partial charge in [0.2, 0.25) is 0 Å². The highest BCUT2D eigenvalue weighted by molar-refractivity contribution is 5.86. The molecule has 4 heterocycles. The maximum Gasteiger partial charge on any atom is 0.317 e. The van der Waals surface area contributed by atoms with E-state index in [0.717, 1.165) is 0 Å². The number of esters is 2. The Morgan fingerprint density at radius 3 is 1.77 bits per heavy atom. The first-order valence-electron chi connectivity index (χ1n) is 9.66. The van der Waals surface area contributed by atoms with Crippen LogP contribution in [-0.4, -0.2) is 60.4 Å². The standard InChI is InChI=1S/C21H24N4O5/c1-29-18(27)20-11-22-12-21(17(20)26,19(28)30-2)16(14-8-4-6-10-24-14)25-15(20)13-7-3-5-9-23-13/h3-10,15-17,22,25-26H,11-12H2,1-2H3. The van der Waals surface area contributed by atoms with Gasteiger partial charge in [-0.2, -0.15) is 0 Å². The molecule has 158 valence electrons. The number of methoxy groups -OCH3 is 2. The molecule has 2 bridgehead atoms. The van der Waals surface area contributed by atoms with Crippen LogP contribution in [0, 0.1) is 10.8 Å². The molecule has 2 aromatic heterocycles. The molecule has 2 aliphatic heterocycles. The predicted molar refractivity (Wildman–Crippen MR) is 105 cm³/mol. The van der Waals surface area contributed by atoms with Crippen molar-refractivity contribution in [3.63, 3.8) is 0 Å². The fourth-order valence-corrected chi connectivity index (χ4v) is 4.89. The van der Waals surface area contributed by atoms with Crippen molar-refractivity contribution in [1.29, 1.82) is 0 Å². The summed E-state index contributed by atoms with van der Waals surface area (Å²) in [6, 6.07) is 9.20. The number of aliphatic hydroxyl groups is 1. The number of ether oxygens (including phenoxy) is 2. The Kier molecular flexibility index (Phi) is 5.27. The zero-order valence-corrected chi connectivity index (χ0v) is 16.7. The summed E-state index contributed by atoms with van der Waals surface area (Å²) in [5.74, 6) is -1.28. The highest BCUT2D eigenvalue weighted by atomic mass is 16.5. The van der Waals surface area contributed by atoms with Gasteiger partial charge in [0.15, 0.2) is 0 Å². The third kappa shape index (κ3) is 2.73. The molecule has 4 unspecified atom stereocenters. The molecule has 4 rings (SSSR count). The second-order valence-electron chi connectivity index (χ2n) is 7.61. The number of nitrogens with zero attached hydrogens (tertiary/aromatic N) is 2. The van der Waals surface area contributed by atoms with E-state index in [0.29, 0.717) is 11.4 Å². The lowest BCUT2D eigenvalue weighted by molar-refractivity contribution is -0.209. The Bertz CT molecular complexity index is 854. The van der Waals surface area contributed by atoms with Crippen LogP contribution in [0.25, 0.3) is 0 Å². The van der Waals surface area contributed by atoms with Gasteiger partial charge in [-0.25, -0.2) is 0 Å². The van der Waals surface area contributed by atoms with Crippen LogP contribution in [0.4, 0.5) is 0 Å². The molecule has 2 aromatic rings. The van der Waals surface area contributed by atoms with Gasteiger partial charge in [-0.3, -0.25) is 24.9 Å². The predicted octanol–water partition coefficient (Wildman–Crippen LogP) is 0.145. The number of piperidine rings is 2. The number of fused-ring (bicyclic) bond motifs is 2. The first-order valence-corrected chi connectivity index (χ1v) is 9.66. The number of pyridine rings is 2. The van der Waals surface area contributed by atoms with Crippen molar-refractivity contribution in [3.8, 4) is 0 Å². The number of carbonyl (C=O) groups is 2. The summed E-state index contributed by atoms with van der Waals surface area (Å²) in [5, 5.41) is 18.3. The maximum atomic E-state index is 13.1. The fourth-order valence-electron chi connectivity index (χ4n) is 4.89. The third-order valence-electron chi connectivity index (χ3n) is 6.27. The lowest BCUT2D eigenvalue weighted by Crippen LogP contribution is -2.76. The average Bonchev–Trinajstić information content (AvgIpc) is 2.79. The molecule has 0 amide bonds. The summed E-state index contributed by atoms with van der Waals surface area (Å²) in [7, 11) is 2.52. The summed E-state index contributed by atoms with van der Waals surface area (Å²) in [6.45, 7) is 0.200. The van der Waals surface area contributed by atoms with Crippen molar-refractivity contribution in [1.82, 2.24) is 20.6 Å². The van der Waals surface area contributed by atoms with Gasteiger partial charge in [0.1, 0.15) is 10.8 Å². The zero-order chi connectivity index (χ0) is 21.4. The van der Waals surface area contributed by atoms with Gasteiger partial charge in [-0.1, -0.05) is 12.1 Å². The van der Waals surface area contributed by atoms with Gasteiger partial charge in [0, 0.05) is 25.5 Å². The molecule has 0 saturated carbocycles. The number of rotatable bonds is 4. The van der Waals surface area contributed by atoms with Crippen molar-refractivity contribution in [2.24, 2.45) is 10.8 Å². The largest absolute Gasteiger partial charge is 0.468 e. The minimum Gasteiger partial charge on any atom is -0.468 e. The molecule has 2 fully saturated rings. The van der Waals surface area contributed by atoms with Crippen LogP contribution in [0.15, 0.2) is 48.8 Å². The molecule has 30 heavy (non-hydrogen) atoms. The number of hydrogen-bond donors (Lipinski definition) is 3. The second-order valence-corrected chi connectivity index (χ2v) is 7.61. The van der Waals surface area contributed by atoms with Crippen LogP contribution in [0.5, 0.6) is 0 Å². The van der Waals surface area contributed by atoms with E-state index in [2.05, 4.69) is 20.6 Å². The van der Waals surface area contributed by atoms with Crippen LogP contribution in [0.2, 0.25) is 0 Å². The van der Waals surface area contributed by atoms with Crippen molar-refractivity contribution in [3.05, 3.63) is 60.2 Å². The minimum atomic E-state index is -1.50. The van der Waals surface area contributed by atoms with Crippen molar-refractivity contribution < 1.29 is 24.2 Å². The number of carbonyl (C=O) groups excluding carboxylic acids is 2. The molecule has 0 aliphatic carbocycles. The van der Waals surface area contributed by atoms with E-state index in [4.69, 9.17) is 9.47 Å². The number of nitrogens with one attached hydrogen (secondary N) is 2. The average molecular weight is 412 g/mol. The molecule has 4 atom stereocenters. The summed E-state index contributed by atoms with van der Waals surface area (Å²) in [6.07, 6.45) is 1.82. The highest BCUT2D eigenvalue weighted by Gasteiger charge is 2.72. The summed E-state index contributed by atoms with van der Waals surface area (Å²) < 4.78 is 10.2. The molecule has 0 radical (unpaired) electrons. The van der Waals surface area contributed by atoms with Gasteiger partial charge >= 0.3 is 11.9 Å². The Morgan fingerprint density at radius 1 is 0.933 bits per heavy atom.